The van der Waals surface area contributed by atoms with Gasteiger partial charge in [0.1, 0.15) is 11.9 Å². The van der Waals surface area contributed by atoms with Gasteiger partial charge >= 0.3 is 6.09 Å². The first kappa shape index (κ1) is 25.1. The normalized spacial score (nSPS) is 26.1. The average molecular weight is 491 g/mol. The standard InChI is InChI=1S/C31H42N2O3/c1-6-35-27-17-26-24(16-25(27)22-9-7-21(8-10-22)15-20(2)3)18-31(4,5)29(26)32-30(34)36-28-19-33-13-11-23(28)12-14-33/h7-10,16-17,20,23,28-29H,6,11-15,18-19H2,1-5H3,(H,32,34)/t28-,29+/m1/s1. The number of carbonyl (C=O) groups is 1. The van der Waals surface area contributed by atoms with Gasteiger partial charge in [-0.05, 0) is 97.3 Å². The van der Waals surface area contributed by atoms with E-state index in [4.69, 9.17) is 9.47 Å². The van der Waals surface area contributed by atoms with Crippen molar-refractivity contribution in [2.24, 2.45) is 17.3 Å². The number of hydrogen-bond acceptors (Lipinski definition) is 4. The molecule has 2 aromatic rings. The van der Waals surface area contributed by atoms with E-state index in [1.54, 1.807) is 0 Å². The molecule has 2 bridgehead atoms. The van der Waals surface area contributed by atoms with Gasteiger partial charge in [-0.15, -0.1) is 0 Å². The van der Waals surface area contributed by atoms with Gasteiger partial charge in [-0.1, -0.05) is 52.0 Å². The maximum absolute atomic E-state index is 13.1. The largest absolute Gasteiger partial charge is 0.493 e. The third-order valence-corrected chi connectivity index (χ3v) is 8.31. The summed E-state index contributed by atoms with van der Waals surface area (Å²) in [6.45, 7) is 14.7. The van der Waals surface area contributed by atoms with E-state index < -0.39 is 0 Å². The Morgan fingerprint density at radius 1 is 1.14 bits per heavy atom. The lowest BCUT2D eigenvalue weighted by Crippen LogP contribution is -2.53. The van der Waals surface area contributed by atoms with Crippen molar-refractivity contribution >= 4 is 6.09 Å². The number of carbonyl (C=O) groups excluding carboxylic acids is 1. The Balaban J connectivity index is 1.38. The number of piperidine rings is 3. The molecule has 3 fully saturated rings. The van der Waals surface area contributed by atoms with Gasteiger partial charge in [-0.3, -0.25) is 4.90 Å². The highest BCUT2D eigenvalue weighted by Crippen LogP contribution is 2.48. The van der Waals surface area contributed by atoms with Crippen LogP contribution in [0.3, 0.4) is 0 Å². The van der Waals surface area contributed by atoms with Crippen molar-refractivity contribution < 1.29 is 14.3 Å². The molecule has 0 saturated carbocycles. The predicted octanol–water partition coefficient (Wildman–Crippen LogP) is 6.39. The van der Waals surface area contributed by atoms with Crippen LogP contribution in [0.5, 0.6) is 5.75 Å². The quantitative estimate of drug-likeness (QED) is 0.488. The Morgan fingerprint density at radius 2 is 1.86 bits per heavy atom. The van der Waals surface area contributed by atoms with Crippen molar-refractivity contribution in [3.8, 4) is 16.9 Å². The molecular formula is C31H42N2O3. The van der Waals surface area contributed by atoms with Crippen molar-refractivity contribution in [3.63, 3.8) is 0 Å². The van der Waals surface area contributed by atoms with Crippen LogP contribution in [-0.4, -0.2) is 43.3 Å². The van der Waals surface area contributed by atoms with E-state index in [1.807, 2.05) is 6.92 Å². The number of fused-ring (bicyclic) bond motifs is 4. The van der Waals surface area contributed by atoms with Crippen LogP contribution in [-0.2, 0) is 17.6 Å². The third-order valence-electron chi connectivity index (χ3n) is 8.31. The number of rotatable bonds is 7. The summed E-state index contributed by atoms with van der Waals surface area (Å²) in [5.41, 5.74) is 5.97. The van der Waals surface area contributed by atoms with E-state index in [0.29, 0.717) is 18.4 Å². The zero-order valence-corrected chi connectivity index (χ0v) is 22.6. The summed E-state index contributed by atoms with van der Waals surface area (Å²) in [4.78, 5) is 15.5. The number of ether oxygens (including phenoxy) is 2. The van der Waals surface area contributed by atoms with Crippen LogP contribution in [0.4, 0.5) is 4.79 Å². The van der Waals surface area contributed by atoms with Crippen LogP contribution in [0.2, 0.25) is 0 Å². The minimum Gasteiger partial charge on any atom is -0.493 e. The molecule has 3 aliphatic heterocycles. The molecule has 3 saturated heterocycles. The predicted molar refractivity (Wildman–Crippen MR) is 144 cm³/mol. The van der Waals surface area contributed by atoms with E-state index >= 15 is 0 Å². The highest BCUT2D eigenvalue weighted by molar-refractivity contribution is 5.74. The fourth-order valence-corrected chi connectivity index (χ4v) is 6.48. The van der Waals surface area contributed by atoms with E-state index in [9.17, 15) is 4.79 Å². The molecule has 2 aromatic carbocycles. The Bertz CT molecular complexity index is 1080. The number of hydrogen-bond donors (Lipinski definition) is 1. The highest BCUT2D eigenvalue weighted by atomic mass is 16.6. The maximum Gasteiger partial charge on any atom is 0.407 e. The van der Waals surface area contributed by atoms with Crippen LogP contribution in [0.25, 0.3) is 11.1 Å². The molecular weight excluding hydrogens is 448 g/mol. The molecule has 36 heavy (non-hydrogen) atoms. The summed E-state index contributed by atoms with van der Waals surface area (Å²) in [6.07, 6.45) is 3.97. The minimum atomic E-state index is -0.289. The van der Waals surface area contributed by atoms with Gasteiger partial charge in [-0.2, -0.15) is 0 Å². The lowest BCUT2D eigenvalue weighted by atomic mass is 9.85. The molecule has 1 amide bonds. The van der Waals surface area contributed by atoms with Crippen LogP contribution >= 0.6 is 0 Å². The Hall–Kier alpha value is -2.53. The van der Waals surface area contributed by atoms with Gasteiger partial charge in [0.15, 0.2) is 0 Å². The second kappa shape index (κ2) is 10.1. The van der Waals surface area contributed by atoms with Gasteiger partial charge in [0.25, 0.3) is 0 Å². The second-order valence-corrected chi connectivity index (χ2v) is 12.1. The molecule has 2 atom stereocenters. The lowest BCUT2D eigenvalue weighted by molar-refractivity contribution is -0.0349. The molecule has 3 heterocycles. The molecule has 1 aliphatic carbocycles. The van der Waals surface area contributed by atoms with Gasteiger partial charge in [0.05, 0.1) is 12.6 Å². The monoisotopic (exact) mass is 490 g/mol. The zero-order chi connectivity index (χ0) is 25.4. The molecule has 0 unspecified atom stereocenters. The minimum absolute atomic E-state index is 0.0107. The molecule has 4 aliphatic rings. The summed E-state index contributed by atoms with van der Waals surface area (Å²) in [5.74, 6) is 2.02. The van der Waals surface area contributed by atoms with Crippen LogP contribution in [0.15, 0.2) is 36.4 Å². The van der Waals surface area contributed by atoms with E-state index in [-0.39, 0.29) is 23.7 Å². The van der Waals surface area contributed by atoms with Crippen LogP contribution in [0, 0.1) is 17.3 Å². The fraction of sp³-hybridized carbons (Fsp3) is 0.581. The first-order valence-corrected chi connectivity index (χ1v) is 13.8. The average Bonchev–Trinajstić information content (AvgIpc) is 3.08. The van der Waals surface area contributed by atoms with Gasteiger partial charge in [0, 0.05) is 12.1 Å². The number of amides is 1. The van der Waals surface area contributed by atoms with Gasteiger partial charge < -0.3 is 14.8 Å². The molecule has 0 radical (unpaired) electrons. The zero-order valence-electron chi connectivity index (χ0n) is 22.6. The number of nitrogens with zero attached hydrogens (tertiary/aromatic N) is 1. The van der Waals surface area contributed by atoms with Crippen molar-refractivity contribution in [3.05, 3.63) is 53.1 Å². The smallest absolute Gasteiger partial charge is 0.407 e. The summed E-state index contributed by atoms with van der Waals surface area (Å²) < 4.78 is 12.1. The molecule has 0 spiro atoms. The summed E-state index contributed by atoms with van der Waals surface area (Å²) in [6, 6.07) is 13.2. The SMILES string of the molecule is CCOc1cc2c(cc1-c1ccc(CC(C)C)cc1)CC(C)(C)[C@H]2NC(=O)O[C@@H]1CN2CCC1CC2. The first-order valence-electron chi connectivity index (χ1n) is 13.8. The molecule has 194 valence electrons. The summed E-state index contributed by atoms with van der Waals surface area (Å²) in [7, 11) is 0. The van der Waals surface area contributed by atoms with Crippen molar-refractivity contribution in [2.75, 3.05) is 26.2 Å². The van der Waals surface area contributed by atoms with E-state index in [1.165, 1.54) is 16.7 Å². The third kappa shape index (κ3) is 5.13. The lowest BCUT2D eigenvalue weighted by Gasteiger charge is -2.44. The summed E-state index contributed by atoms with van der Waals surface area (Å²) >= 11 is 0. The van der Waals surface area contributed by atoms with Gasteiger partial charge in [-0.25, -0.2) is 4.79 Å². The van der Waals surface area contributed by atoms with Gasteiger partial charge in [0.2, 0.25) is 0 Å². The Labute approximate surface area is 216 Å². The maximum atomic E-state index is 13.1. The van der Waals surface area contributed by atoms with Crippen molar-refractivity contribution in [2.45, 2.75) is 72.4 Å². The van der Waals surface area contributed by atoms with Crippen molar-refractivity contribution in [1.82, 2.24) is 10.2 Å². The number of benzene rings is 2. The fourth-order valence-electron chi connectivity index (χ4n) is 6.48. The topological polar surface area (TPSA) is 50.8 Å². The first-order chi connectivity index (χ1) is 17.2. The molecule has 0 aromatic heterocycles. The molecule has 5 nitrogen and oxygen atoms in total. The molecule has 1 N–H and O–H groups in total. The highest BCUT2D eigenvalue weighted by Gasteiger charge is 2.42. The number of nitrogens with one attached hydrogen (secondary N) is 1. The number of alkyl carbamates (subject to hydrolysis) is 1. The molecule has 5 heteroatoms. The Kier molecular flexibility index (Phi) is 7.04. The Morgan fingerprint density at radius 3 is 2.47 bits per heavy atom. The van der Waals surface area contributed by atoms with Crippen LogP contribution < -0.4 is 10.1 Å². The van der Waals surface area contributed by atoms with Crippen molar-refractivity contribution in [1.29, 1.82) is 0 Å². The van der Waals surface area contributed by atoms with Crippen LogP contribution in [0.1, 0.15) is 70.2 Å². The second-order valence-electron chi connectivity index (χ2n) is 12.1. The summed E-state index contributed by atoms with van der Waals surface area (Å²) in [5, 5.41) is 3.25. The van der Waals surface area contributed by atoms with E-state index in [0.717, 1.165) is 62.2 Å². The van der Waals surface area contributed by atoms with E-state index in [2.05, 4.69) is 74.3 Å². The molecule has 6 rings (SSSR count).